The second kappa shape index (κ2) is 4.50. The zero-order valence-electron chi connectivity index (χ0n) is 8.14. The maximum absolute atomic E-state index is 10.5. The first-order valence-electron chi connectivity index (χ1n) is 4.34. The van der Waals surface area contributed by atoms with Crippen molar-refractivity contribution < 1.29 is 9.90 Å². The number of rotatable bonds is 3. The van der Waals surface area contributed by atoms with Gasteiger partial charge in [0.2, 0.25) is 0 Å². The Bertz CT molecular complexity index is 342. The van der Waals surface area contributed by atoms with E-state index in [4.69, 9.17) is 5.11 Å². The Balaban J connectivity index is 2.78. The zero-order chi connectivity index (χ0) is 10.6. The van der Waals surface area contributed by atoms with E-state index in [0.29, 0.717) is 5.69 Å². The van der Waals surface area contributed by atoms with Crippen molar-refractivity contribution in [3.05, 3.63) is 29.8 Å². The standard InChI is InChI=1S/C10H12N2O2/c1-7(2)11-12-9-5-3-8(4-6-9)10(13)14/h3-7H,1-2H3,(H,13,14). The van der Waals surface area contributed by atoms with Crippen molar-refractivity contribution >= 4 is 11.7 Å². The van der Waals surface area contributed by atoms with Gasteiger partial charge in [0, 0.05) is 0 Å². The lowest BCUT2D eigenvalue weighted by Crippen LogP contribution is -1.94. The van der Waals surface area contributed by atoms with Crippen LogP contribution in [0.5, 0.6) is 0 Å². The minimum Gasteiger partial charge on any atom is -0.478 e. The van der Waals surface area contributed by atoms with Crippen LogP contribution in [0.1, 0.15) is 24.2 Å². The number of hydrogen-bond donors (Lipinski definition) is 1. The minimum atomic E-state index is -0.933. The Hall–Kier alpha value is -1.71. The van der Waals surface area contributed by atoms with Crippen LogP contribution in [0.25, 0.3) is 0 Å². The molecule has 0 bridgehead atoms. The zero-order valence-corrected chi connectivity index (χ0v) is 8.14. The smallest absolute Gasteiger partial charge is 0.335 e. The Labute approximate surface area is 82.3 Å². The molecule has 14 heavy (non-hydrogen) atoms. The van der Waals surface area contributed by atoms with Gasteiger partial charge in [-0.15, -0.1) is 0 Å². The normalized spacial score (nSPS) is 11.1. The average molecular weight is 192 g/mol. The van der Waals surface area contributed by atoms with E-state index in [1.807, 2.05) is 13.8 Å². The van der Waals surface area contributed by atoms with Crippen LogP contribution in [0.15, 0.2) is 34.5 Å². The van der Waals surface area contributed by atoms with E-state index in [-0.39, 0.29) is 11.6 Å². The first-order chi connectivity index (χ1) is 6.59. The number of aromatic carboxylic acids is 1. The van der Waals surface area contributed by atoms with Crippen molar-refractivity contribution in [2.75, 3.05) is 0 Å². The molecule has 1 N–H and O–H groups in total. The van der Waals surface area contributed by atoms with Crippen molar-refractivity contribution in [1.82, 2.24) is 0 Å². The van der Waals surface area contributed by atoms with Gasteiger partial charge in [-0.2, -0.15) is 10.2 Å². The minimum absolute atomic E-state index is 0.147. The maximum Gasteiger partial charge on any atom is 0.335 e. The molecule has 0 aliphatic carbocycles. The highest BCUT2D eigenvalue weighted by Crippen LogP contribution is 2.13. The Kier molecular flexibility index (Phi) is 3.34. The fraction of sp³-hybridized carbons (Fsp3) is 0.300. The lowest BCUT2D eigenvalue weighted by molar-refractivity contribution is 0.0697. The summed E-state index contributed by atoms with van der Waals surface area (Å²) in [4.78, 5) is 10.5. The molecule has 74 valence electrons. The summed E-state index contributed by atoms with van der Waals surface area (Å²) in [6.45, 7) is 3.85. The van der Waals surface area contributed by atoms with Gasteiger partial charge in [0.05, 0.1) is 17.3 Å². The largest absolute Gasteiger partial charge is 0.478 e. The van der Waals surface area contributed by atoms with E-state index >= 15 is 0 Å². The number of benzene rings is 1. The SMILES string of the molecule is CC(C)N=Nc1ccc(C(=O)O)cc1. The molecule has 4 nitrogen and oxygen atoms in total. The molecule has 0 radical (unpaired) electrons. The third kappa shape index (κ3) is 2.97. The number of carboxylic acid groups (broad SMARTS) is 1. The molecule has 0 saturated heterocycles. The fourth-order valence-corrected chi connectivity index (χ4v) is 0.853. The summed E-state index contributed by atoms with van der Waals surface area (Å²) < 4.78 is 0. The second-order valence-corrected chi connectivity index (χ2v) is 3.16. The Morgan fingerprint density at radius 1 is 1.29 bits per heavy atom. The van der Waals surface area contributed by atoms with Crippen molar-refractivity contribution in [2.45, 2.75) is 19.9 Å². The van der Waals surface area contributed by atoms with Gasteiger partial charge >= 0.3 is 5.97 Å². The van der Waals surface area contributed by atoms with Crippen molar-refractivity contribution in [3.8, 4) is 0 Å². The molecule has 4 heteroatoms. The highest BCUT2D eigenvalue weighted by atomic mass is 16.4. The number of hydrogen-bond acceptors (Lipinski definition) is 3. The van der Waals surface area contributed by atoms with E-state index < -0.39 is 5.97 Å². The number of azo groups is 1. The van der Waals surface area contributed by atoms with Gasteiger partial charge in [-0.1, -0.05) is 0 Å². The molecule has 0 aliphatic heterocycles. The molecule has 0 heterocycles. The van der Waals surface area contributed by atoms with Crippen LogP contribution < -0.4 is 0 Å². The fourth-order valence-electron chi connectivity index (χ4n) is 0.853. The van der Waals surface area contributed by atoms with Crippen LogP contribution >= 0.6 is 0 Å². The van der Waals surface area contributed by atoms with Crippen LogP contribution in [-0.4, -0.2) is 17.1 Å². The Morgan fingerprint density at radius 2 is 1.86 bits per heavy atom. The average Bonchev–Trinajstić information content (AvgIpc) is 2.15. The van der Waals surface area contributed by atoms with Crippen LogP contribution in [0.3, 0.4) is 0 Å². The highest BCUT2D eigenvalue weighted by Gasteiger charge is 2.00. The van der Waals surface area contributed by atoms with E-state index in [1.54, 1.807) is 12.1 Å². The van der Waals surface area contributed by atoms with Crippen LogP contribution in [0, 0.1) is 0 Å². The van der Waals surface area contributed by atoms with Gasteiger partial charge in [0.1, 0.15) is 0 Å². The van der Waals surface area contributed by atoms with E-state index in [2.05, 4.69) is 10.2 Å². The first-order valence-corrected chi connectivity index (χ1v) is 4.34. The number of carbonyl (C=O) groups is 1. The summed E-state index contributed by atoms with van der Waals surface area (Å²) in [7, 11) is 0. The van der Waals surface area contributed by atoms with Gasteiger partial charge in [-0.05, 0) is 38.1 Å². The van der Waals surface area contributed by atoms with Crippen molar-refractivity contribution in [1.29, 1.82) is 0 Å². The molecular formula is C10H12N2O2. The van der Waals surface area contributed by atoms with Crippen LogP contribution in [-0.2, 0) is 0 Å². The monoisotopic (exact) mass is 192 g/mol. The third-order valence-electron chi connectivity index (χ3n) is 1.52. The first kappa shape index (κ1) is 10.4. The topological polar surface area (TPSA) is 62.0 Å². The molecule has 1 rings (SSSR count). The molecule has 0 aliphatic rings. The molecule has 0 atom stereocenters. The van der Waals surface area contributed by atoms with E-state index in [0.717, 1.165) is 0 Å². The number of nitrogens with zero attached hydrogens (tertiary/aromatic N) is 2. The Morgan fingerprint density at radius 3 is 2.29 bits per heavy atom. The number of carboxylic acids is 1. The van der Waals surface area contributed by atoms with Crippen LogP contribution in [0.2, 0.25) is 0 Å². The maximum atomic E-state index is 10.5. The molecule has 0 unspecified atom stereocenters. The van der Waals surface area contributed by atoms with Gasteiger partial charge in [0.15, 0.2) is 0 Å². The molecule has 1 aromatic rings. The predicted molar refractivity (Wildman–Crippen MR) is 53.1 cm³/mol. The van der Waals surface area contributed by atoms with E-state index in [9.17, 15) is 4.79 Å². The summed E-state index contributed by atoms with van der Waals surface area (Å²) in [5, 5.41) is 16.5. The summed E-state index contributed by atoms with van der Waals surface area (Å²) in [6, 6.07) is 6.44. The summed E-state index contributed by atoms with van der Waals surface area (Å²) in [6.07, 6.45) is 0. The molecule has 0 spiro atoms. The molecular weight excluding hydrogens is 180 g/mol. The van der Waals surface area contributed by atoms with E-state index in [1.165, 1.54) is 12.1 Å². The lowest BCUT2D eigenvalue weighted by Gasteiger charge is -1.96. The summed E-state index contributed by atoms with van der Waals surface area (Å²) >= 11 is 0. The van der Waals surface area contributed by atoms with Crippen molar-refractivity contribution in [3.63, 3.8) is 0 Å². The van der Waals surface area contributed by atoms with Gasteiger partial charge < -0.3 is 5.11 Å². The van der Waals surface area contributed by atoms with Crippen LogP contribution in [0.4, 0.5) is 5.69 Å². The molecule has 0 fully saturated rings. The van der Waals surface area contributed by atoms with Gasteiger partial charge in [0.25, 0.3) is 0 Å². The lowest BCUT2D eigenvalue weighted by atomic mass is 10.2. The molecule has 0 aromatic heterocycles. The highest BCUT2D eigenvalue weighted by molar-refractivity contribution is 5.87. The third-order valence-corrected chi connectivity index (χ3v) is 1.52. The summed E-state index contributed by atoms with van der Waals surface area (Å²) in [5.74, 6) is -0.933. The predicted octanol–water partition coefficient (Wildman–Crippen LogP) is 2.88. The molecule has 0 amide bonds. The van der Waals surface area contributed by atoms with Gasteiger partial charge in [-0.3, -0.25) is 0 Å². The van der Waals surface area contributed by atoms with Crippen molar-refractivity contribution in [2.24, 2.45) is 10.2 Å². The molecule has 0 saturated carbocycles. The quantitative estimate of drug-likeness (QED) is 0.748. The molecule has 1 aromatic carbocycles. The second-order valence-electron chi connectivity index (χ2n) is 3.16. The summed E-state index contributed by atoms with van der Waals surface area (Å²) in [5.41, 5.74) is 0.928. The van der Waals surface area contributed by atoms with Gasteiger partial charge in [-0.25, -0.2) is 4.79 Å².